The fourth-order valence-corrected chi connectivity index (χ4v) is 2.29. The van der Waals surface area contributed by atoms with E-state index in [2.05, 4.69) is 19.9 Å². The zero-order valence-electron chi connectivity index (χ0n) is 11.6. The third kappa shape index (κ3) is 2.18. The second-order valence-electron chi connectivity index (χ2n) is 4.90. The lowest BCUT2D eigenvalue weighted by Gasteiger charge is -1.95. The highest BCUT2D eigenvalue weighted by molar-refractivity contribution is 5.83. The second kappa shape index (κ2) is 4.96. The fraction of sp³-hybridized carbons (Fsp3) is 0. The first kappa shape index (κ1) is 12.5. The maximum absolute atomic E-state index is 9.75. The van der Waals surface area contributed by atoms with Crippen molar-refractivity contribution in [2.75, 3.05) is 0 Å². The van der Waals surface area contributed by atoms with Crippen molar-refractivity contribution in [3.05, 3.63) is 59.9 Å². The Labute approximate surface area is 126 Å². The zero-order valence-corrected chi connectivity index (χ0v) is 11.6. The third-order valence-electron chi connectivity index (χ3n) is 3.38. The molecule has 0 saturated heterocycles. The Balaban J connectivity index is 1.76. The summed E-state index contributed by atoms with van der Waals surface area (Å²) in [4.78, 5) is 16.5. The summed E-state index contributed by atoms with van der Waals surface area (Å²) in [6.45, 7) is 0. The van der Waals surface area contributed by atoms with Crippen LogP contribution in [0.5, 0.6) is 5.75 Å². The highest BCUT2D eigenvalue weighted by atomic mass is 16.3. The number of hydrogen-bond acceptors (Lipinski definition) is 4. The van der Waals surface area contributed by atoms with Crippen molar-refractivity contribution in [2.45, 2.75) is 0 Å². The number of rotatable bonds is 2. The van der Waals surface area contributed by atoms with Gasteiger partial charge in [-0.05, 0) is 30.4 Å². The summed E-state index contributed by atoms with van der Waals surface area (Å²) in [5.74, 6) is 0.880. The number of hydrogen-bond donors (Lipinski definition) is 2. The Hall–Kier alpha value is -3.21. The number of nitrogens with zero attached hydrogens (tertiary/aromatic N) is 3. The van der Waals surface area contributed by atoms with E-state index in [1.165, 1.54) is 0 Å². The first-order valence-electron chi connectivity index (χ1n) is 6.88. The van der Waals surface area contributed by atoms with E-state index >= 15 is 0 Å². The molecule has 5 nitrogen and oxygen atoms in total. The molecule has 0 unspecified atom stereocenters. The van der Waals surface area contributed by atoms with Gasteiger partial charge in [0.05, 0.1) is 11.0 Å². The van der Waals surface area contributed by atoms with E-state index in [-0.39, 0.29) is 5.75 Å². The van der Waals surface area contributed by atoms with Crippen molar-refractivity contribution in [1.82, 2.24) is 19.9 Å². The van der Waals surface area contributed by atoms with Crippen molar-refractivity contribution in [2.24, 2.45) is 0 Å². The molecule has 4 aromatic rings. The van der Waals surface area contributed by atoms with Gasteiger partial charge in [0.2, 0.25) is 0 Å². The van der Waals surface area contributed by atoms with Crippen molar-refractivity contribution in [1.29, 1.82) is 0 Å². The van der Waals surface area contributed by atoms with Gasteiger partial charge in [0.25, 0.3) is 0 Å². The summed E-state index contributed by atoms with van der Waals surface area (Å²) in [6, 6.07) is 14.8. The fourth-order valence-electron chi connectivity index (χ4n) is 2.29. The number of imidazole rings is 1. The van der Waals surface area contributed by atoms with Crippen LogP contribution in [0.25, 0.3) is 34.5 Å². The standard InChI is InChI=1S/C17H12N4O/c22-14-8-4-1-5-11(14)9-10-15-20-16-17(21-15)19-13-7-3-2-6-12(13)18-16/h1-10,22H,(H,18,19,20,21). The average molecular weight is 288 g/mol. The van der Waals surface area contributed by atoms with Crippen LogP contribution in [0.3, 0.4) is 0 Å². The van der Waals surface area contributed by atoms with Gasteiger partial charge in [-0.2, -0.15) is 0 Å². The zero-order chi connectivity index (χ0) is 14.9. The molecule has 2 aromatic carbocycles. The highest BCUT2D eigenvalue weighted by Gasteiger charge is 2.05. The molecule has 0 aliphatic heterocycles. The quantitative estimate of drug-likeness (QED) is 0.593. The number of phenolic OH excluding ortho intramolecular Hbond substituents is 1. The Morgan fingerprint density at radius 1 is 0.818 bits per heavy atom. The summed E-state index contributed by atoms with van der Waals surface area (Å²) in [6.07, 6.45) is 3.59. The number of benzene rings is 2. The molecular formula is C17H12N4O. The van der Waals surface area contributed by atoms with Gasteiger partial charge in [-0.25, -0.2) is 15.0 Å². The van der Waals surface area contributed by atoms with Gasteiger partial charge in [0, 0.05) is 5.56 Å². The molecule has 0 radical (unpaired) electrons. The molecule has 4 rings (SSSR count). The Morgan fingerprint density at radius 3 is 2.36 bits per heavy atom. The molecule has 0 aliphatic rings. The Bertz CT molecular complexity index is 951. The van der Waals surface area contributed by atoms with Gasteiger partial charge in [0.1, 0.15) is 11.6 Å². The van der Waals surface area contributed by atoms with Gasteiger partial charge < -0.3 is 10.1 Å². The number of aromatic nitrogens is 4. The van der Waals surface area contributed by atoms with Crippen LogP contribution in [0.1, 0.15) is 11.4 Å². The number of nitrogens with one attached hydrogen (secondary N) is 1. The Kier molecular flexibility index (Phi) is 2.83. The molecule has 2 aromatic heterocycles. The molecule has 22 heavy (non-hydrogen) atoms. The van der Waals surface area contributed by atoms with Gasteiger partial charge in [-0.15, -0.1) is 0 Å². The number of phenols is 1. The summed E-state index contributed by atoms with van der Waals surface area (Å²) in [5, 5.41) is 9.75. The topological polar surface area (TPSA) is 74.7 Å². The van der Waals surface area contributed by atoms with Crippen LogP contribution in [0.2, 0.25) is 0 Å². The van der Waals surface area contributed by atoms with E-state index < -0.39 is 0 Å². The van der Waals surface area contributed by atoms with Gasteiger partial charge in [0.15, 0.2) is 11.3 Å². The van der Waals surface area contributed by atoms with E-state index in [9.17, 15) is 5.11 Å². The molecule has 5 heteroatoms. The Morgan fingerprint density at radius 2 is 1.55 bits per heavy atom. The first-order valence-corrected chi connectivity index (χ1v) is 6.88. The molecule has 2 N–H and O–H groups in total. The van der Waals surface area contributed by atoms with Crippen LogP contribution in [0.15, 0.2) is 48.5 Å². The largest absolute Gasteiger partial charge is 0.507 e. The second-order valence-corrected chi connectivity index (χ2v) is 4.90. The van der Waals surface area contributed by atoms with Crippen LogP contribution in [-0.4, -0.2) is 25.0 Å². The highest BCUT2D eigenvalue weighted by Crippen LogP contribution is 2.19. The van der Waals surface area contributed by atoms with Crippen molar-refractivity contribution in [3.8, 4) is 5.75 Å². The molecule has 0 atom stereocenters. The third-order valence-corrected chi connectivity index (χ3v) is 3.38. The minimum Gasteiger partial charge on any atom is -0.507 e. The van der Waals surface area contributed by atoms with E-state index in [1.54, 1.807) is 24.3 Å². The smallest absolute Gasteiger partial charge is 0.198 e. The van der Waals surface area contributed by atoms with Crippen LogP contribution in [-0.2, 0) is 0 Å². The summed E-state index contributed by atoms with van der Waals surface area (Å²) in [5.41, 5.74) is 3.60. The van der Waals surface area contributed by atoms with Gasteiger partial charge >= 0.3 is 0 Å². The summed E-state index contributed by atoms with van der Waals surface area (Å²) in [7, 11) is 0. The van der Waals surface area contributed by atoms with E-state index in [4.69, 9.17) is 0 Å². The maximum atomic E-state index is 9.75. The number of aromatic hydroxyl groups is 1. The lowest BCUT2D eigenvalue weighted by Crippen LogP contribution is -1.85. The minimum atomic E-state index is 0.233. The van der Waals surface area contributed by atoms with Gasteiger partial charge in [-0.1, -0.05) is 30.3 Å². The molecule has 0 aliphatic carbocycles. The molecule has 0 saturated carbocycles. The number of fused-ring (bicyclic) bond motifs is 2. The van der Waals surface area contributed by atoms with Gasteiger partial charge in [-0.3, -0.25) is 0 Å². The number of para-hydroxylation sites is 3. The minimum absolute atomic E-state index is 0.233. The molecule has 0 fully saturated rings. The predicted molar refractivity (Wildman–Crippen MR) is 86.2 cm³/mol. The van der Waals surface area contributed by atoms with Crippen molar-refractivity contribution in [3.63, 3.8) is 0 Å². The molecular weight excluding hydrogens is 276 g/mol. The van der Waals surface area contributed by atoms with Crippen LogP contribution in [0.4, 0.5) is 0 Å². The number of H-pyrrole nitrogens is 1. The molecule has 106 valence electrons. The number of aromatic amines is 1. The van der Waals surface area contributed by atoms with Crippen LogP contribution >= 0.6 is 0 Å². The lowest BCUT2D eigenvalue weighted by molar-refractivity contribution is 0.474. The van der Waals surface area contributed by atoms with E-state index in [0.717, 1.165) is 16.6 Å². The SMILES string of the molecule is Oc1ccccc1C=Cc1nc2nc3ccccc3nc2[nH]1. The monoisotopic (exact) mass is 288 g/mol. The predicted octanol–water partition coefficient (Wildman–Crippen LogP) is 3.38. The normalized spacial score (nSPS) is 11.6. The first-order chi connectivity index (χ1) is 10.8. The lowest BCUT2D eigenvalue weighted by atomic mass is 10.2. The van der Waals surface area contributed by atoms with E-state index in [0.29, 0.717) is 17.1 Å². The van der Waals surface area contributed by atoms with E-state index in [1.807, 2.05) is 36.4 Å². The van der Waals surface area contributed by atoms with Crippen molar-refractivity contribution < 1.29 is 5.11 Å². The average Bonchev–Trinajstić information content (AvgIpc) is 2.93. The summed E-state index contributed by atoms with van der Waals surface area (Å²) >= 11 is 0. The molecule has 0 bridgehead atoms. The molecule has 2 heterocycles. The molecule has 0 amide bonds. The maximum Gasteiger partial charge on any atom is 0.198 e. The summed E-state index contributed by atoms with van der Waals surface area (Å²) < 4.78 is 0. The molecule has 0 spiro atoms. The van der Waals surface area contributed by atoms with Crippen LogP contribution in [0, 0.1) is 0 Å². The van der Waals surface area contributed by atoms with Crippen molar-refractivity contribution >= 4 is 34.5 Å². The van der Waals surface area contributed by atoms with Crippen LogP contribution < -0.4 is 0 Å².